The van der Waals surface area contributed by atoms with Crippen molar-refractivity contribution in [3.63, 3.8) is 0 Å². The molecule has 0 spiro atoms. The summed E-state index contributed by atoms with van der Waals surface area (Å²) in [7, 11) is 1.63. The van der Waals surface area contributed by atoms with Gasteiger partial charge in [0.25, 0.3) is 0 Å². The molecule has 24 heavy (non-hydrogen) atoms. The van der Waals surface area contributed by atoms with Crippen molar-refractivity contribution >= 4 is 45.0 Å². The van der Waals surface area contributed by atoms with E-state index in [-0.39, 0.29) is 5.91 Å². The number of anilines is 1. The predicted molar refractivity (Wildman–Crippen MR) is 97.7 cm³/mol. The summed E-state index contributed by atoms with van der Waals surface area (Å²) in [5.41, 5.74) is 7.82. The van der Waals surface area contributed by atoms with Gasteiger partial charge in [0, 0.05) is 28.8 Å². The minimum absolute atomic E-state index is 0.297. The van der Waals surface area contributed by atoms with E-state index in [1.807, 2.05) is 36.4 Å². The van der Waals surface area contributed by atoms with Crippen LogP contribution < -0.4 is 15.8 Å². The molecule has 0 aliphatic carbocycles. The summed E-state index contributed by atoms with van der Waals surface area (Å²) >= 11 is 6.10. The molecule has 1 heterocycles. The molecule has 0 atom stereocenters. The highest BCUT2D eigenvalue weighted by atomic mass is 35.5. The number of ether oxygens (including phenoxy) is 1. The second kappa shape index (κ2) is 6.93. The van der Waals surface area contributed by atoms with Crippen LogP contribution in [0.15, 0.2) is 36.4 Å². The van der Waals surface area contributed by atoms with E-state index in [0.717, 1.165) is 33.2 Å². The van der Waals surface area contributed by atoms with Crippen molar-refractivity contribution in [3.8, 4) is 5.75 Å². The van der Waals surface area contributed by atoms with Crippen LogP contribution in [0.2, 0.25) is 5.02 Å². The van der Waals surface area contributed by atoms with Crippen LogP contribution in [0.5, 0.6) is 5.75 Å². The quantitative estimate of drug-likeness (QED) is 0.528. The van der Waals surface area contributed by atoms with Gasteiger partial charge in [-0.1, -0.05) is 11.6 Å². The number of hydrogen-bond acceptors (Lipinski definition) is 4. The zero-order valence-corrected chi connectivity index (χ0v) is 14.1. The summed E-state index contributed by atoms with van der Waals surface area (Å²) in [4.78, 5) is 15.6. The van der Waals surface area contributed by atoms with Gasteiger partial charge in [0.2, 0.25) is 5.91 Å². The number of aromatic nitrogens is 1. The maximum absolute atomic E-state index is 10.9. The Morgan fingerprint density at radius 3 is 2.79 bits per heavy atom. The van der Waals surface area contributed by atoms with Crippen molar-refractivity contribution in [3.05, 3.63) is 41.4 Å². The van der Waals surface area contributed by atoms with Crippen LogP contribution in [-0.4, -0.2) is 24.5 Å². The Hall–Kier alpha value is -2.53. The van der Waals surface area contributed by atoms with Crippen LogP contribution in [0.25, 0.3) is 21.8 Å². The number of nitrogens with zero attached hydrogens (tertiary/aromatic N) is 1. The van der Waals surface area contributed by atoms with Gasteiger partial charge in [0.05, 0.1) is 23.8 Å². The molecule has 3 N–H and O–H groups in total. The lowest BCUT2D eigenvalue weighted by Crippen LogP contribution is -2.13. The lowest BCUT2D eigenvalue weighted by atomic mass is 10.1. The summed E-state index contributed by atoms with van der Waals surface area (Å²) in [6.07, 6.45) is 1.02. The van der Waals surface area contributed by atoms with Gasteiger partial charge in [0.15, 0.2) is 0 Å². The monoisotopic (exact) mass is 343 g/mol. The Balaban J connectivity index is 2.09. The molecule has 2 aromatic carbocycles. The van der Waals surface area contributed by atoms with Gasteiger partial charge in [-0.3, -0.25) is 4.79 Å². The topological polar surface area (TPSA) is 77.2 Å². The van der Waals surface area contributed by atoms with E-state index >= 15 is 0 Å². The number of primary amides is 1. The molecule has 1 amide bonds. The van der Waals surface area contributed by atoms with E-state index in [0.29, 0.717) is 24.4 Å². The number of halogens is 1. The zero-order valence-electron chi connectivity index (χ0n) is 13.3. The molecule has 3 aromatic rings. The van der Waals surface area contributed by atoms with Crippen LogP contribution in [-0.2, 0) is 4.79 Å². The van der Waals surface area contributed by atoms with Crippen molar-refractivity contribution in [1.82, 2.24) is 4.98 Å². The van der Waals surface area contributed by atoms with Gasteiger partial charge in [-0.25, -0.2) is 4.98 Å². The molecule has 0 aliphatic rings. The third-order valence-corrected chi connectivity index (χ3v) is 4.08. The van der Waals surface area contributed by atoms with Crippen molar-refractivity contribution in [2.24, 2.45) is 5.73 Å². The first-order valence-corrected chi connectivity index (χ1v) is 8.05. The first-order chi connectivity index (χ1) is 11.6. The van der Waals surface area contributed by atoms with Crippen molar-refractivity contribution in [1.29, 1.82) is 0 Å². The highest BCUT2D eigenvalue weighted by Crippen LogP contribution is 2.34. The van der Waals surface area contributed by atoms with Gasteiger partial charge < -0.3 is 15.8 Å². The number of nitrogens with two attached hydrogens (primary N) is 1. The van der Waals surface area contributed by atoms with Crippen molar-refractivity contribution in [2.45, 2.75) is 12.8 Å². The minimum Gasteiger partial charge on any atom is -0.497 e. The molecule has 0 radical (unpaired) electrons. The molecule has 5 nitrogen and oxygen atoms in total. The Morgan fingerprint density at radius 1 is 1.21 bits per heavy atom. The fourth-order valence-electron chi connectivity index (χ4n) is 2.69. The van der Waals surface area contributed by atoms with E-state index in [1.165, 1.54) is 0 Å². The average Bonchev–Trinajstić information content (AvgIpc) is 2.56. The molecular weight excluding hydrogens is 326 g/mol. The molecule has 0 aliphatic heterocycles. The van der Waals surface area contributed by atoms with E-state index in [4.69, 9.17) is 22.1 Å². The third-order valence-electron chi connectivity index (χ3n) is 3.84. The van der Waals surface area contributed by atoms with E-state index < -0.39 is 0 Å². The Morgan fingerprint density at radius 2 is 2.04 bits per heavy atom. The standard InChI is InChI=1S/C18H18ClN3O2/c1-24-12-5-7-15-14(10-12)18(21-8-2-3-17(20)23)13-6-4-11(19)9-16(13)22-15/h4-7,9-10H,2-3,8H2,1H3,(H2,20,23)(H,21,22). The Bertz CT molecular complexity index is 912. The van der Waals surface area contributed by atoms with Crippen LogP contribution in [0.4, 0.5) is 5.69 Å². The lowest BCUT2D eigenvalue weighted by molar-refractivity contribution is -0.118. The summed E-state index contributed by atoms with van der Waals surface area (Å²) < 4.78 is 5.33. The van der Waals surface area contributed by atoms with Crippen LogP contribution in [0.3, 0.4) is 0 Å². The second-order valence-electron chi connectivity index (χ2n) is 5.53. The summed E-state index contributed by atoms with van der Waals surface area (Å²) in [5, 5.41) is 5.98. The first kappa shape index (κ1) is 16.3. The smallest absolute Gasteiger partial charge is 0.217 e. The molecule has 0 fully saturated rings. The van der Waals surface area contributed by atoms with E-state index in [2.05, 4.69) is 10.3 Å². The molecule has 1 aromatic heterocycles. The average molecular weight is 344 g/mol. The van der Waals surface area contributed by atoms with Crippen LogP contribution in [0, 0.1) is 0 Å². The first-order valence-electron chi connectivity index (χ1n) is 7.67. The number of carbonyl (C=O) groups excluding carboxylic acids is 1. The summed E-state index contributed by atoms with van der Waals surface area (Å²) in [5.74, 6) is 0.465. The zero-order chi connectivity index (χ0) is 17.1. The maximum atomic E-state index is 10.9. The second-order valence-corrected chi connectivity index (χ2v) is 5.96. The highest BCUT2D eigenvalue weighted by Gasteiger charge is 2.10. The van der Waals surface area contributed by atoms with E-state index in [1.54, 1.807) is 7.11 Å². The Kier molecular flexibility index (Phi) is 4.71. The summed E-state index contributed by atoms with van der Waals surface area (Å²) in [6, 6.07) is 11.4. The molecule has 124 valence electrons. The summed E-state index contributed by atoms with van der Waals surface area (Å²) in [6.45, 7) is 0.636. The van der Waals surface area contributed by atoms with Crippen molar-refractivity contribution in [2.75, 3.05) is 19.0 Å². The number of amides is 1. The van der Waals surface area contributed by atoms with Crippen molar-refractivity contribution < 1.29 is 9.53 Å². The Labute approximate surface area is 144 Å². The van der Waals surface area contributed by atoms with Crippen LogP contribution in [0.1, 0.15) is 12.8 Å². The molecule has 0 saturated carbocycles. The fraction of sp³-hybridized carbons (Fsp3) is 0.222. The largest absolute Gasteiger partial charge is 0.497 e. The number of methoxy groups -OCH3 is 1. The number of carbonyl (C=O) groups is 1. The predicted octanol–water partition coefficient (Wildman–Crippen LogP) is 3.73. The molecule has 0 saturated heterocycles. The molecule has 0 unspecified atom stereocenters. The third kappa shape index (κ3) is 3.36. The number of hydrogen-bond donors (Lipinski definition) is 2. The number of nitrogens with one attached hydrogen (secondary N) is 1. The number of rotatable bonds is 6. The number of benzene rings is 2. The molecule has 6 heteroatoms. The minimum atomic E-state index is -0.297. The van der Waals surface area contributed by atoms with Crippen LogP contribution >= 0.6 is 11.6 Å². The van der Waals surface area contributed by atoms with Gasteiger partial charge in [-0.05, 0) is 42.8 Å². The molecular formula is C18H18ClN3O2. The van der Waals surface area contributed by atoms with Gasteiger partial charge in [0.1, 0.15) is 5.75 Å². The normalized spacial score (nSPS) is 10.9. The fourth-order valence-corrected chi connectivity index (χ4v) is 2.86. The highest BCUT2D eigenvalue weighted by molar-refractivity contribution is 6.31. The number of pyridine rings is 1. The maximum Gasteiger partial charge on any atom is 0.217 e. The van der Waals surface area contributed by atoms with Gasteiger partial charge in [-0.15, -0.1) is 0 Å². The lowest BCUT2D eigenvalue weighted by Gasteiger charge is -2.14. The SMILES string of the molecule is COc1ccc2nc3cc(Cl)ccc3c(NCCCC(N)=O)c2c1. The number of fused-ring (bicyclic) bond motifs is 2. The van der Waals surface area contributed by atoms with E-state index in [9.17, 15) is 4.79 Å². The van der Waals surface area contributed by atoms with Gasteiger partial charge >= 0.3 is 0 Å². The molecule has 3 rings (SSSR count). The van der Waals surface area contributed by atoms with Gasteiger partial charge in [-0.2, -0.15) is 0 Å². The molecule has 0 bridgehead atoms.